The lowest BCUT2D eigenvalue weighted by Gasteiger charge is -2.23. The van der Waals surface area contributed by atoms with E-state index in [-0.39, 0.29) is 22.9 Å². The topological polar surface area (TPSA) is 117 Å². The van der Waals surface area contributed by atoms with Gasteiger partial charge in [-0.15, -0.1) is 0 Å². The van der Waals surface area contributed by atoms with Crippen LogP contribution in [-0.4, -0.2) is 47.8 Å². The van der Waals surface area contributed by atoms with Crippen LogP contribution in [0.5, 0.6) is 11.5 Å². The Hall–Kier alpha value is -3.47. The molecule has 2 N–H and O–H groups in total. The second-order valence-corrected chi connectivity index (χ2v) is 12.9. The van der Waals surface area contributed by atoms with Crippen LogP contribution in [0, 0.1) is 27.7 Å². The zero-order chi connectivity index (χ0) is 30.1. The van der Waals surface area contributed by atoms with Crippen molar-refractivity contribution < 1.29 is 26.7 Å². The molecule has 1 aromatic heterocycles. The van der Waals surface area contributed by atoms with E-state index >= 15 is 4.39 Å². The maximum absolute atomic E-state index is 15.1. The minimum Gasteiger partial charge on any atom is -0.497 e. The molecule has 1 heterocycles. The van der Waals surface area contributed by atoms with Crippen LogP contribution in [0.25, 0.3) is 0 Å². The Labute approximate surface area is 238 Å². The average Bonchev–Trinajstić information content (AvgIpc) is 3.31. The molecule has 2 aromatic carbocycles. The molecule has 0 aliphatic heterocycles. The minimum absolute atomic E-state index is 0.0617. The van der Waals surface area contributed by atoms with E-state index in [1.807, 2.05) is 6.07 Å². The number of halogens is 2. The van der Waals surface area contributed by atoms with Gasteiger partial charge in [-0.1, -0.05) is 39.0 Å². The molecule has 0 atom stereocenters. The zero-order valence-electron chi connectivity index (χ0n) is 23.6. The third-order valence-electron chi connectivity index (χ3n) is 4.94. The van der Waals surface area contributed by atoms with E-state index in [4.69, 9.17) is 9.47 Å². The quantitative estimate of drug-likeness (QED) is 0.284. The summed E-state index contributed by atoms with van der Waals surface area (Å²) < 4.78 is 67.6. The van der Waals surface area contributed by atoms with Crippen molar-refractivity contribution in [1.29, 1.82) is 5.26 Å². The summed E-state index contributed by atoms with van der Waals surface area (Å²) in [5.74, 6) is -0.283. The molecule has 0 amide bonds. The molecule has 0 saturated heterocycles. The van der Waals surface area contributed by atoms with E-state index in [9.17, 15) is 18.1 Å². The van der Waals surface area contributed by atoms with Crippen molar-refractivity contribution in [3.63, 3.8) is 0 Å². The number of benzene rings is 2. The van der Waals surface area contributed by atoms with Gasteiger partial charge in [-0.05, 0) is 36.7 Å². The zero-order valence-corrected chi connectivity index (χ0v) is 25.3. The molecule has 0 bridgehead atoms. The molecule has 0 saturated carbocycles. The van der Waals surface area contributed by atoms with Crippen LogP contribution >= 0.6 is 11.3 Å². The summed E-state index contributed by atoms with van der Waals surface area (Å²) in [4.78, 5) is 3.11. The molecule has 218 valence electrons. The fraction of sp³-hybridized carbons (Fsp3) is 0.407. The molecule has 0 spiro atoms. The Bertz CT molecular complexity index is 1430. The highest BCUT2D eigenvalue weighted by Gasteiger charge is 2.32. The van der Waals surface area contributed by atoms with Gasteiger partial charge in [0.15, 0.2) is 5.13 Å². The fourth-order valence-corrected chi connectivity index (χ4v) is 5.51. The number of aromatic nitrogens is 1. The first-order chi connectivity index (χ1) is 18.7. The van der Waals surface area contributed by atoms with Crippen molar-refractivity contribution >= 4 is 32.2 Å². The Balaban J connectivity index is 0.00000103. The summed E-state index contributed by atoms with van der Waals surface area (Å²) >= 11 is 0.487. The van der Waals surface area contributed by atoms with Gasteiger partial charge in [0.05, 0.1) is 38.2 Å². The maximum atomic E-state index is 15.1. The monoisotopic (exact) mass is 595 g/mol. The molecular weight excluding hydrogens is 560 g/mol. The number of nitrogens with zero attached hydrogens (tertiary/aromatic N) is 3. The Morgan fingerprint density at radius 1 is 1.10 bits per heavy atom. The summed E-state index contributed by atoms with van der Waals surface area (Å²) in [6, 6.07) is 8.53. The van der Waals surface area contributed by atoms with Gasteiger partial charge in [-0.3, -0.25) is 0 Å². The molecule has 3 aromatic rings. The lowest BCUT2D eigenvalue weighted by Crippen LogP contribution is -2.31. The third-order valence-corrected chi connectivity index (χ3v) is 7.61. The second-order valence-electron chi connectivity index (χ2n) is 10.1. The highest BCUT2D eigenvalue weighted by molar-refractivity contribution is 7.93. The largest absolute Gasteiger partial charge is 0.497 e. The van der Waals surface area contributed by atoms with Gasteiger partial charge < -0.3 is 20.1 Å². The number of hydrogen-bond acceptors (Lipinski definition) is 9. The first kappa shape index (κ1) is 32.7. The number of nitrogens with one attached hydrogen (secondary N) is 2. The minimum atomic E-state index is -4.62. The summed E-state index contributed by atoms with van der Waals surface area (Å²) in [7, 11) is -0.0199. The van der Waals surface area contributed by atoms with Crippen molar-refractivity contribution in [3.05, 3.63) is 58.6 Å². The molecule has 0 fully saturated rings. The van der Waals surface area contributed by atoms with Crippen molar-refractivity contribution in [3.8, 4) is 17.6 Å². The van der Waals surface area contributed by atoms with Gasteiger partial charge in [0.25, 0.3) is 10.0 Å². The van der Waals surface area contributed by atoms with Crippen LogP contribution in [0.15, 0.2) is 41.4 Å². The lowest BCUT2D eigenvalue weighted by atomic mass is 10.0. The number of likely N-dealkylation sites (N-methyl/N-ethyl adjacent to an activating group) is 1. The van der Waals surface area contributed by atoms with E-state index in [0.717, 1.165) is 22.6 Å². The predicted molar refractivity (Wildman–Crippen MR) is 154 cm³/mol. The molecule has 0 unspecified atom stereocenters. The maximum Gasteiger partial charge on any atom is 0.269 e. The van der Waals surface area contributed by atoms with Crippen LogP contribution in [0.4, 0.5) is 19.6 Å². The van der Waals surface area contributed by atoms with E-state index < -0.39 is 25.9 Å². The number of anilines is 2. The van der Waals surface area contributed by atoms with Crippen molar-refractivity contribution in [1.82, 2.24) is 10.3 Å². The SMILES string of the molecule is CC(C)(C)C.CNCCNc1cc(F)c(S(=O)(=O)N(Cc2ccc(OC)cc2OC)c2ncc(F)s2)cc1C#N. The van der Waals surface area contributed by atoms with Gasteiger partial charge >= 0.3 is 0 Å². The molecular formula is C27H35F2N5O4S2. The van der Waals surface area contributed by atoms with Gasteiger partial charge in [-0.25, -0.2) is 22.1 Å². The summed E-state index contributed by atoms with van der Waals surface area (Å²) in [5, 5.41) is 14.4. The van der Waals surface area contributed by atoms with Crippen molar-refractivity contribution in [2.75, 3.05) is 44.0 Å². The van der Waals surface area contributed by atoms with Crippen LogP contribution in [-0.2, 0) is 16.6 Å². The fourth-order valence-electron chi connectivity index (χ4n) is 3.18. The first-order valence-electron chi connectivity index (χ1n) is 12.2. The summed E-state index contributed by atoms with van der Waals surface area (Å²) in [6.07, 6.45) is 0.875. The summed E-state index contributed by atoms with van der Waals surface area (Å²) in [5.41, 5.74) is 0.995. The summed E-state index contributed by atoms with van der Waals surface area (Å²) in [6.45, 7) is 9.34. The Morgan fingerprint density at radius 3 is 2.30 bits per heavy atom. The number of rotatable bonds is 11. The molecule has 13 heteroatoms. The van der Waals surface area contributed by atoms with Gasteiger partial charge in [0.1, 0.15) is 28.3 Å². The second kappa shape index (κ2) is 14.2. The molecule has 9 nitrogen and oxygen atoms in total. The number of hydrogen-bond donors (Lipinski definition) is 2. The number of sulfonamides is 1. The third kappa shape index (κ3) is 9.04. The normalized spacial score (nSPS) is 11.2. The van der Waals surface area contributed by atoms with E-state index in [1.54, 1.807) is 25.2 Å². The van der Waals surface area contributed by atoms with Crippen LogP contribution in [0.2, 0.25) is 0 Å². The number of ether oxygens (including phenoxy) is 2. The Morgan fingerprint density at radius 2 is 1.77 bits per heavy atom. The van der Waals surface area contributed by atoms with Gasteiger partial charge in [-0.2, -0.15) is 9.65 Å². The molecule has 0 aliphatic carbocycles. The Kier molecular flexibility index (Phi) is 11.7. The van der Waals surface area contributed by atoms with E-state index in [2.05, 4.69) is 43.3 Å². The van der Waals surface area contributed by atoms with Crippen LogP contribution in [0.1, 0.15) is 38.8 Å². The van der Waals surface area contributed by atoms with Gasteiger partial charge in [0, 0.05) is 24.7 Å². The van der Waals surface area contributed by atoms with E-state index in [1.165, 1.54) is 14.2 Å². The van der Waals surface area contributed by atoms with Crippen LogP contribution in [0.3, 0.4) is 0 Å². The van der Waals surface area contributed by atoms with Crippen molar-refractivity contribution in [2.45, 2.75) is 39.1 Å². The molecule has 40 heavy (non-hydrogen) atoms. The number of methoxy groups -OCH3 is 2. The van der Waals surface area contributed by atoms with Gasteiger partial charge in [0.2, 0.25) is 5.13 Å². The highest BCUT2D eigenvalue weighted by atomic mass is 32.2. The first-order valence-corrected chi connectivity index (χ1v) is 14.5. The van der Waals surface area contributed by atoms with Crippen molar-refractivity contribution in [2.24, 2.45) is 5.41 Å². The number of nitriles is 1. The molecule has 0 radical (unpaired) electrons. The lowest BCUT2D eigenvalue weighted by molar-refractivity contribution is 0.391. The molecule has 0 aliphatic rings. The van der Waals surface area contributed by atoms with Crippen LogP contribution < -0.4 is 24.4 Å². The molecule has 3 rings (SSSR count). The standard InChI is InChI=1S/C22H23F2N5O4S2.C5H12/c1-26-6-7-27-18-10-17(23)20(8-15(18)11-25)35(30,31)29(22-28-12-21(24)34-22)13-14-4-5-16(32-2)9-19(14)33-3;1-5(2,3)4/h4-5,8-10,12,26-27H,6-7,13H2,1-3H3;1-4H3. The highest BCUT2D eigenvalue weighted by Crippen LogP contribution is 2.34. The van der Waals surface area contributed by atoms with E-state index in [0.29, 0.717) is 46.9 Å². The average molecular weight is 596 g/mol. The smallest absolute Gasteiger partial charge is 0.269 e. The predicted octanol–water partition coefficient (Wildman–Crippen LogP) is 5.39. The number of thiazole rings is 1.